The van der Waals surface area contributed by atoms with Crippen molar-refractivity contribution in [2.75, 3.05) is 33.7 Å². The number of carbonyl (C=O) groups is 2. The molecule has 9 nitrogen and oxygen atoms in total. The number of nitrogens with zero attached hydrogens (tertiary/aromatic N) is 4. The van der Waals surface area contributed by atoms with Gasteiger partial charge in [-0.25, -0.2) is 9.50 Å². The molecule has 9 heteroatoms. The summed E-state index contributed by atoms with van der Waals surface area (Å²) in [6.07, 6.45) is 7.09. The highest BCUT2D eigenvalue weighted by molar-refractivity contribution is 5.98. The Morgan fingerprint density at radius 1 is 1.08 bits per heavy atom. The minimum absolute atomic E-state index is 0.0447. The van der Waals surface area contributed by atoms with Gasteiger partial charge in [0.2, 0.25) is 5.91 Å². The Hall–Kier alpha value is -4.37. The number of amides is 2. The fourth-order valence-corrected chi connectivity index (χ4v) is 4.85. The Balaban J connectivity index is 1.34. The first-order chi connectivity index (χ1) is 18.4. The topological polar surface area (TPSA) is 109 Å². The summed E-state index contributed by atoms with van der Waals surface area (Å²) in [7, 11) is 3.94. The molecule has 0 radical (unpaired) electrons. The minimum Gasteiger partial charge on any atom is -0.457 e. The fraction of sp³-hybridized carbons (Fsp3) is 0.276. The number of benzene rings is 2. The molecule has 1 saturated heterocycles. The molecule has 2 amide bonds. The van der Waals surface area contributed by atoms with Crippen LogP contribution in [0.2, 0.25) is 0 Å². The zero-order valence-electron chi connectivity index (χ0n) is 21.6. The van der Waals surface area contributed by atoms with Crippen LogP contribution in [-0.4, -0.2) is 69.9 Å². The maximum absolute atomic E-state index is 12.5. The number of nitrogens with two attached hydrogens (primary N) is 1. The summed E-state index contributed by atoms with van der Waals surface area (Å²) in [5.74, 6) is 1.13. The zero-order valence-corrected chi connectivity index (χ0v) is 21.6. The molecule has 4 aromatic rings. The molecule has 0 saturated carbocycles. The fourth-order valence-electron chi connectivity index (χ4n) is 4.85. The normalized spacial score (nSPS) is 14.6. The van der Waals surface area contributed by atoms with Gasteiger partial charge in [0.05, 0.1) is 0 Å². The van der Waals surface area contributed by atoms with Crippen LogP contribution in [0.5, 0.6) is 11.5 Å². The molecule has 0 atom stereocenters. The van der Waals surface area contributed by atoms with Crippen molar-refractivity contribution in [1.82, 2.24) is 24.4 Å². The van der Waals surface area contributed by atoms with Crippen LogP contribution in [0, 0.1) is 0 Å². The quantitative estimate of drug-likeness (QED) is 0.346. The van der Waals surface area contributed by atoms with Gasteiger partial charge in [0.25, 0.3) is 5.91 Å². The number of piperidine rings is 1. The van der Waals surface area contributed by atoms with E-state index in [1.54, 1.807) is 10.6 Å². The molecule has 0 bridgehead atoms. The van der Waals surface area contributed by atoms with Crippen LogP contribution in [-0.2, 0) is 4.79 Å². The lowest BCUT2D eigenvalue weighted by atomic mass is 9.91. The lowest BCUT2D eigenvalue weighted by Gasteiger charge is -2.31. The first-order valence-electron chi connectivity index (χ1n) is 12.7. The maximum Gasteiger partial charge on any atom is 0.269 e. The number of carbonyl (C=O) groups excluding carboxylic acids is 2. The molecule has 1 aliphatic rings. The third-order valence-electron chi connectivity index (χ3n) is 6.80. The second-order valence-electron chi connectivity index (χ2n) is 9.76. The smallest absolute Gasteiger partial charge is 0.269 e. The number of imidazole rings is 1. The molecular weight excluding hydrogens is 480 g/mol. The summed E-state index contributed by atoms with van der Waals surface area (Å²) >= 11 is 0. The van der Waals surface area contributed by atoms with Crippen molar-refractivity contribution in [2.45, 2.75) is 18.8 Å². The number of likely N-dealkylation sites (N-methyl/N-ethyl adjacent to an activating group) is 1. The molecule has 0 unspecified atom stereocenters. The summed E-state index contributed by atoms with van der Waals surface area (Å²) in [4.78, 5) is 33.8. The molecule has 38 heavy (non-hydrogen) atoms. The summed E-state index contributed by atoms with van der Waals surface area (Å²) < 4.78 is 7.56. The second kappa shape index (κ2) is 10.9. The predicted molar refractivity (Wildman–Crippen MR) is 146 cm³/mol. The van der Waals surface area contributed by atoms with E-state index in [1.807, 2.05) is 90.8 Å². The number of aromatic nitrogens is 3. The van der Waals surface area contributed by atoms with Crippen molar-refractivity contribution in [3.05, 3.63) is 84.2 Å². The van der Waals surface area contributed by atoms with E-state index in [1.165, 1.54) is 0 Å². The Labute approximate surface area is 221 Å². The van der Waals surface area contributed by atoms with Crippen molar-refractivity contribution in [3.8, 4) is 22.8 Å². The number of aromatic amines is 1. The summed E-state index contributed by atoms with van der Waals surface area (Å²) in [5, 5.41) is 3.17. The molecule has 5 rings (SSSR count). The molecule has 2 aromatic carbocycles. The average Bonchev–Trinajstić information content (AvgIpc) is 3.49. The van der Waals surface area contributed by atoms with Crippen molar-refractivity contribution in [2.24, 2.45) is 5.73 Å². The van der Waals surface area contributed by atoms with E-state index in [2.05, 4.69) is 5.10 Å². The Morgan fingerprint density at radius 2 is 1.76 bits per heavy atom. The minimum atomic E-state index is -0.560. The van der Waals surface area contributed by atoms with Gasteiger partial charge in [-0.3, -0.25) is 14.7 Å². The van der Waals surface area contributed by atoms with E-state index >= 15 is 0 Å². The number of fused-ring (bicyclic) bond motifs is 1. The molecule has 3 N–H and O–H groups in total. The van der Waals surface area contributed by atoms with Gasteiger partial charge in [-0.05, 0) is 69.3 Å². The molecular formula is C29H32N6O3. The van der Waals surface area contributed by atoms with E-state index < -0.39 is 5.91 Å². The van der Waals surface area contributed by atoms with E-state index in [9.17, 15) is 9.59 Å². The standard InChI is InChI=1S/C29H32N6O3/c1-33(2)16-6-9-25(36)34-17-14-20(15-18-34)24-19-31-35-27(28(30)37)26(32-29(24)35)21-10-12-23(13-11-21)38-22-7-4-3-5-8-22/h3-13,19-20,31H,14-18H2,1-2H3,(H2,30,37)/b9-6+. The number of para-hydroxylation sites is 1. The molecule has 1 fully saturated rings. The van der Waals surface area contributed by atoms with E-state index in [4.69, 9.17) is 15.5 Å². The van der Waals surface area contributed by atoms with Gasteiger partial charge in [-0.2, -0.15) is 0 Å². The van der Waals surface area contributed by atoms with Crippen LogP contribution in [0.15, 0.2) is 72.9 Å². The number of nitrogens with one attached hydrogen (secondary N) is 1. The number of likely N-dealkylation sites (tertiary alicyclic amines) is 1. The number of ether oxygens (including phenoxy) is 1. The Kier molecular flexibility index (Phi) is 7.28. The lowest BCUT2D eigenvalue weighted by molar-refractivity contribution is -0.127. The molecule has 2 aromatic heterocycles. The van der Waals surface area contributed by atoms with Gasteiger partial charge in [0.15, 0.2) is 11.3 Å². The van der Waals surface area contributed by atoms with Gasteiger partial charge in [-0.1, -0.05) is 24.3 Å². The van der Waals surface area contributed by atoms with Crippen LogP contribution in [0.25, 0.3) is 16.9 Å². The average molecular weight is 513 g/mol. The van der Waals surface area contributed by atoms with Crippen LogP contribution in [0.3, 0.4) is 0 Å². The highest BCUT2D eigenvalue weighted by Gasteiger charge is 2.28. The van der Waals surface area contributed by atoms with E-state index in [0.717, 1.165) is 36.3 Å². The Bertz CT molecular complexity index is 1440. The molecule has 3 heterocycles. The van der Waals surface area contributed by atoms with Crippen LogP contribution in [0.4, 0.5) is 0 Å². The lowest BCUT2D eigenvalue weighted by Crippen LogP contribution is -2.37. The van der Waals surface area contributed by atoms with Gasteiger partial charge >= 0.3 is 0 Å². The van der Waals surface area contributed by atoms with Gasteiger partial charge in [-0.15, -0.1) is 0 Å². The molecule has 196 valence electrons. The summed E-state index contributed by atoms with van der Waals surface area (Å²) in [6, 6.07) is 17.0. The van der Waals surface area contributed by atoms with E-state index in [-0.39, 0.29) is 11.8 Å². The zero-order chi connectivity index (χ0) is 26.6. The molecule has 1 aliphatic heterocycles. The number of hydrogen-bond donors (Lipinski definition) is 2. The van der Waals surface area contributed by atoms with Crippen molar-refractivity contribution < 1.29 is 14.3 Å². The molecule has 0 spiro atoms. The highest BCUT2D eigenvalue weighted by Crippen LogP contribution is 2.34. The Morgan fingerprint density at radius 3 is 2.42 bits per heavy atom. The monoisotopic (exact) mass is 512 g/mol. The molecule has 0 aliphatic carbocycles. The van der Waals surface area contributed by atoms with Gasteiger partial charge < -0.3 is 20.3 Å². The largest absolute Gasteiger partial charge is 0.457 e. The van der Waals surface area contributed by atoms with Crippen LogP contribution in [0.1, 0.15) is 34.8 Å². The second-order valence-corrected chi connectivity index (χ2v) is 9.76. The van der Waals surface area contributed by atoms with Crippen molar-refractivity contribution in [3.63, 3.8) is 0 Å². The van der Waals surface area contributed by atoms with Gasteiger partial charge in [0.1, 0.15) is 17.2 Å². The summed E-state index contributed by atoms with van der Waals surface area (Å²) in [6.45, 7) is 2.08. The van der Waals surface area contributed by atoms with Crippen LogP contribution >= 0.6 is 0 Å². The number of rotatable bonds is 8. The third kappa shape index (κ3) is 5.33. The first kappa shape index (κ1) is 25.3. The SMILES string of the molecule is CN(C)C/C=C/C(=O)N1CCC(c2c[nH]n3c(C(N)=O)c(-c4ccc(Oc5ccccc5)cc4)nc23)CC1. The third-order valence-corrected chi connectivity index (χ3v) is 6.80. The number of H-pyrrole nitrogens is 1. The summed E-state index contributed by atoms with van der Waals surface area (Å²) in [5.41, 5.74) is 9.11. The highest BCUT2D eigenvalue weighted by atomic mass is 16.5. The number of primary amides is 1. The van der Waals surface area contributed by atoms with Crippen molar-refractivity contribution >= 4 is 17.5 Å². The van der Waals surface area contributed by atoms with E-state index in [0.29, 0.717) is 35.9 Å². The number of hydrogen-bond acceptors (Lipinski definition) is 5. The first-order valence-corrected chi connectivity index (χ1v) is 12.7. The van der Waals surface area contributed by atoms with Gasteiger partial charge in [0, 0.05) is 43.0 Å². The maximum atomic E-state index is 12.5. The van der Waals surface area contributed by atoms with Crippen LogP contribution < -0.4 is 10.5 Å². The van der Waals surface area contributed by atoms with Crippen molar-refractivity contribution in [1.29, 1.82) is 0 Å². The predicted octanol–water partition coefficient (Wildman–Crippen LogP) is 4.04.